The highest BCUT2D eigenvalue weighted by atomic mass is 19.1. The van der Waals surface area contributed by atoms with Crippen LogP contribution in [0.25, 0.3) is 0 Å². The molecule has 116 valence electrons. The standard InChI is InChI=1S/C18H26FNO/c1-14-12-16(19)5-4-15(14)7-11-20-13-17-6-10-18(21-17)8-2-3-9-18/h4-5,12,17,20H,2-3,6-11,13H2,1H3. The van der Waals surface area contributed by atoms with Crippen LogP contribution in [0.3, 0.4) is 0 Å². The molecule has 1 unspecified atom stereocenters. The molecule has 1 aromatic rings. The van der Waals surface area contributed by atoms with Gasteiger partial charge in [-0.15, -0.1) is 0 Å². The molecule has 2 aliphatic rings. The first-order valence-corrected chi connectivity index (χ1v) is 8.30. The topological polar surface area (TPSA) is 21.3 Å². The highest BCUT2D eigenvalue weighted by Gasteiger charge is 2.41. The SMILES string of the molecule is Cc1cc(F)ccc1CCNCC1CCC2(CCCC2)O1. The number of aryl methyl sites for hydroxylation is 1. The molecule has 1 saturated carbocycles. The molecule has 2 nitrogen and oxygen atoms in total. The third-order valence-electron chi connectivity index (χ3n) is 5.10. The zero-order chi connectivity index (χ0) is 14.7. The molecule has 1 aliphatic heterocycles. The van der Waals surface area contributed by atoms with Gasteiger partial charge in [0.1, 0.15) is 5.82 Å². The molecule has 1 aliphatic carbocycles. The van der Waals surface area contributed by atoms with E-state index in [0.717, 1.165) is 25.1 Å². The molecule has 21 heavy (non-hydrogen) atoms. The maximum Gasteiger partial charge on any atom is 0.123 e. The van der Waals surface area contributed by atoms with Crippen molar-refractivity contribution in [1.29, 1.82) is 0 Å². The fourth-order valence-electron chi connectivity index (χ4n) is 3.85. The Morgan fingerprint density at radius 1 is 1.29 bits per heavy atom. The molecule has 1 atom stereocenters. The second kappa shape index (κ2) is 6.45. The summed E-state index contributed by atoms with van der Waals surface area (Å²) in [5, 5.41) is 3.51. The molecule has 1 aromatic carbocycles. The third-order valence-corrected chi connectivity index (χ3v) is 5.10. The molecule has 0 amide bonds. The van der Waals surface area contributed by atoms with Crippen LogP contribution in [0.1, 0.15) is 49.7 Å². The van der Waals surface area contributed by atoms with Crippen LogP contribution in [0.5, 0.6) is 0 Å². The van der Waals surface area contributed by atoms with Crippen molar-refractivity contribution in [2.24, 2.45) is 0 Å². The van der Waals surface area contributed by atoms with E-state index in [2.05, 4.69) is 5.32 Å². The van der Waals surface area contributed by atoms with Gasteiger partial charge in [-0.1, -0.05) is 18.9 Å². The highest BCUT2D eigenvalue weighted by Crippen LogP contribution is 2.43. The summed E-state index contributed by atoms with van der Waals surface area (Å²) < 4.78 is 19.3. The van der Waals surface area contributed by atoms with Gasteiger partial charge in [-0.2, -0.15) is 0 Å². The highest BCUT2D eigenvalue weighted by molar-refractivity contribution is 5.26. The molecule has 1 N–H and O–H groups in total. The number of ether oxygens (including phenoxy) is 1. The minimum absolute atomic E-state index is 0.148. The summed E-state index contributed by atoms with van der Waals surface area (Å²) in [7, 11) is 0. The Labute approximate surface area is 127 Å². The first-order valence-electron chi connectivity index (χ1n) is 8.30. The summed E-state index contributed by atoms with van der Waals surface area (Å²) in [5.74, 6) is -0.148. The summed E-state index contributed by atoms with van der Waals surface area (Å²) in [6.07, 6.45) is 8.98. The van der Waals surface area contributed by atoms with Crippen LogP contribution < -0.4 is 5.32 Å². The van der Waals surface area contributed by atoms with Crippen molar-refractivity contribution in [3.63, 3.8) is 0 Å². The van der Waals surface area contributed by atoms with Crippen molar-refractivity contribution in [2.45, 2.75) is 63.6 Å². The van der Waals surface area contributed by atoms with Gasteiger partial charge in [-0.05, 0) is 68.8 Å². The number of rotatable bonds is 5. The largest absolute Gasteiger partial charge is 0.370 e. The quantitative estimate of drug-likeness (QED) is 0.834. The van der Waals surface area contributed by atoms with Gasteiger partial charge in [0.25, 0.3) is 0 Å². The van der Waals surface area contributed by atoms with Crippen molar-refractivity contribution in [2.75, 3.05) is 13.1 Å². The molecule has 1 spiro atoms. The van der Waals surface area contributed by atoms with E-state index in [0.29, 0.717) is 6.10 Å². The van der Waals surface area contributed by atoms with Gasteiger partial charge < -0.3 is 10.1 Å². The minimum Gasteiger partial charge on any atom is -0.370 e. The number of nitrogens with one attached hydrogen (secondary N) is 1. The Balaban J connectivity index is 1.39. The molecule has 2 fully saturated rings. The maximum atomic E-state index is 13.1. The fraction of sp³-hybridized carbons (Fsp3) is 0.667. The predicted molar refractivity (Wildman–Crippen MR) is 83.0 cm³/mol. The molecule has 1 heterocycles. The smallest absolute Gasteiger partial charge is 0.123 e. The van der Waals surface area contributed by atoms with Gasteiger partial charge in [-0.3, -0.25) is 0 Å². The normalized spacial score (nSPS) is 24.0. The van der Waals surface area contributed by atoms with E-state index < -0.39 is 0 Å². The molecule has 0 bridgehead atoms. The molecular weight excluding hydrogens is 265 g/mol. The van der Waals surface area contributed by atoms with Gasteiger partial charge in [0, 0.05) is 6.54 Å². The van der Waals surface area contributed by atoms with Crippen LogP contribution in [0, 0.1) is 12.7 Å². The Kier molecular flexibility index (Phi) is 4.60. The van der Waals surface area contributed by atoms with Crippen molar-refractivity contribution in [1.82, 2.24) is 5.32 Å². The third kappa shape index (κ3) is 3.64. The fourth-order valence-corrected chi connectivity index (χ4v) is 3.85. The molecule has 3 rings (SSSR count). The van der Waals surface area contributed by atoms with Crippen molar-refractivity contribution in [3.8, 4) is 0 Å². The summed E-state index contributed by atoms with van der Waals surface area (Å²) in [4.78, 5) is 0. The van der Waals surface area contributed by atoms with Crippen LogP contribution in [-0.2, 0) is 11.2 Å². The van der Waals surface area contributed by atoms with Crippen LogP contribution in [0.4, 0.5) is 4.39 Å². The second-order valence-electron chi connectivity index (χ2n) is 6.69. The Hall–Kier alpha value is -0.930. The number of hydrogen-bond donors (Lipinski definition) is 1. The number of benzene rings is 1. The Bertz CT molecular complexity index is 482. The van der Waals surface area contributed by atoms with Crippen molar-refractivity contribution in [3.05, 3.63) is 35.1 Å². The average molecular weight is 291 g/mol. The van der Waals surface area contributed by atoms with Crippen molar-refractivity contribution >= 4 is 0 Å². The van der Waals surface area contributed by atoms with Gasteiger partial charge in [0.05, 0.1) is 11.7 Å². The van der Waals surface area contributed by atoms with Gasteiger partial charge in [-0.25, -0.2) is 4.39 Å². The van der Waals surface area contributed by atoms with E-state index in [1.54, 1.807) is 12.1 Å². The predicted octanol–water partition coefficient (Wildman–Crippen LogP) is 3.76. The zero-order valence-corrected chi connectivity index (χ0v) is 13.0. The summed E-state index contributed by atoms with van der Waals surface area (Å²) >= 11 is 0. The lowest BCUT2D eigenvalue weighted by Crippen LogP contribution is -2.32. The zero-order valence-electron chi connectivity index (χ0n) is 13.0. The lowest BCUT2D eigenvalue weighted by Gasteiger charge is -2.24. The molecular formula is C18H26FNO. The monoisotopic (exact) mass is 291 g/mol. The molecule has 1 saturated heterocycles. The second-order valence-corrected chi connectivity index (χ2v) is 6.69. The van der Waals surface area contributed by atoms with E-state index in [-0.39, 0.29) is 11.4 Å². The van der Waals surface area contributed by atoms with Gasteiger partial charge >= 0.3 is 0 Å². The van der Waals surface area contributed by atoms with E-state index in [4.69, 9.17) is 4.74 Å². The first-order chi connectivity index (χ1) is 10.2. The molecule has 3 heteroatoms. The van der Waals surface area contributed by atoms with Crippen LogP contribution in [0.2, 0.25) is 0 Å². The lowest BCUT2D eigenvalue weighted by atomic mass is 9.98. The molecule has 0 aromatic heterocycles. The molecule has 0 radical (unpaired) electrons. The Morgan fingerprint density at radius 3 is 2.86 bits per heavy atom. The van der Waals surface area contributed by atoms with E-state index in [9.17, 15) is 4.39 Å². The van der Waals surface area contributed by atoms with E-state index in [1.165, 1.54) is 44.1 Å². The van der Waals surface area contributed by atoms with Crippen LogP contribution in [-0.4, -0.2) is 24.8 Å². The maximum absolute atomic E-state index is 13.1. The summed E-state index contributed by atoms with van der Waals surface area (Å²) in [6, 6.07) is 5.05. The number of halogens is 1. The summed E-state index contributed by atoms with van der Waals surface area (Å²) in [6.45, 7) is 3.85. The Morgan fingerprint density at radius 2 is 2.10 bits per heavy atom. The van der Waals surface area contributed by atoms with E-state index >= 15 is 0 Å². The minimum atomic E-state index is -0.148. The van der Waals surface area contributed by atoms with Crippen LogP contribution >= 0.6 is 0 Å². The first kappa shape index (κ1) is 15.0. The summed E-state index contributed by atoms with van der Waals surface area (Å²) in [5.41, 5.74) is 2.50. The van der Waals surface area contributed by atoms with Crippen LogP contribution in [0.15, 0.2) is 18.2 Å². The van der Waals surface area contributed by atoms with Gasteiger partial charge in [0.15, 0.2) is 0 Å². The van der Waals surface area contributed by atoms with Crippen molar-refractivity contribution < 1.29 is 9.13 Å². The lowest BCUT2D eigenvalue weighted by molar-refractivity contribution is -0.0349. The van der Waals surface area contributed by atoms with Gasteiger partial charge in [0.2, 0.25) is 0 Å². The number of hydrogen-bond acceptors (Lipinski definition) is 2. The van der Waals surface area contributed by atoms with E-state index in [1.807, 2.05) is 13.0 Å². The average Bonchev–Trinajstić information content (AvgIpc) is 3.08.